The van der Waals surface area contributed by atoms with Gasteiger partial charge in [0.25, 0.3) is 11.8 Å². The number of fused-ring (bicyclic) bond motifs is 5. The van der Waals surface area contributed by atoms with Gasteiger partial charge in [-0.15, -0.1) is 0 Å². The van der Waals surface area contributed by atoms with E-state index in [1.165, 1.54) is 12.1 Å². The third-order valence-electron chi connectivity index (χ3n) is 22.9. The highest BCUT2D eigenvalue weighted by Gasteiger charge is 2.36. The van der Waals surface area contributed by atoms with E-state index in [9.17, 15) is 28.4 Å². The lowest BCUT2D eigenvalue weighted by Gasteiger charge is -2.34. The lowest BCUT2D eigenvalue weighted by molar-refractivity contribution is -0.123. The number of para-hydroxylation sites is 2. The van der Waals surface area contributed by atoms with Crippen LogP contribution in [0.25, 0.3) is 89.3 Å². The van der Waals surface area contributed by atoms with Gasteiger partial charge >= 0.3 is 6.03 Å². The number of carbonyl (C=O) groups excluding carboxylic acids is 5. The van der Waals surface area contributed by atoms with Crippen LogP contribution in [0, 0.1) is 19.7 Å². The second kappa shape index (κ2) is 48.4. The van der Waals surface area contributed by atoms with Crippen molar-refractivity contribution < 1.29 is 56.7 Å². The van der Waals surface area contributed by atoms with E-state index in [-0.39, 0.29) is 47.5 Å². The largest absolute Gasteiger partial charge is 0.497 e. The molecule has 10 heterocycles. The quantitative estimate of drug-likeness (QED) is 0.00731. The molecule has 8 aromatic heterocycles. The monoisotopic (exact) mass is 1810 g/mol. The maximum Gasteiger partial charge on any atom is 0.320 e. The number of H-pyrrole nitrogens is 2. The van der Waals surface area contributed by atoms with Crippen molar-refractivity contribution in [3.8, 4) is 39.9 Å². The first-order valence-corrected chi connectivity index (χ1v) is 45.5. The van der Waals surface area contributed by atoms with Gasteiger partial charge in [0, 0.05) is 168 Å². The number of nitrogens with one attached hydrogen (secondary N) is 7. The number of hydrogen-bond acceptors (Lipinski definition) is 27. The third-order valence-corrected chi connectivity index (χ3v) is 22.9. The fourth-order valence-corrected chi connectivity index (χ4v) is 16.3. The van der Waals surface area contributed by atoms with Gasteiger partial charge in [-0.1, -0.05) is 61.7 Å². The number of anilines is 3. The van der Waals surface area contributed by atoms with Crippen molar-refractivity contribution in [2.45, 2.75) is 137 Å². The summed E-state index contributed by atoms with van der Waals surface area (Å²) in [4.78, 5) is 98.0. The summed E-state index contributed by atoms with van der Waals surface area (Å²) in [6.07, 6.45) is 21.4. The number of carbonyl (C=O) groups is 5. The number of urea groups is 1. The summed E-state index contributed by atoms with van der Waals surface area (Å²) < 4.78 is 50.2. The van der Waals surface area contributed by atoms with Crippen LogP contribution in [-0.4, -0.2) is 231 Å². The first-order chi connectivity index (χ1) is 64.0. The number of aromatic nitrogens is 11. The van der Waals surface area contributed by atoms with Crippen LogP contribution < -0.4 is 69.5 Å². The molecule has 35 heteroatoms. The highest BCUT2D eigenvalue weighted by atomic mass is 19.1. The Hall–Kier alpha value is -12.7. The highest BCUT2D eigenvalue weighted by Crippen LogP contribution is 2.41. The normalized spacial score (nSPS) is 13.8. The Labute approximate surface area is 767 Å². The number of rotatable bonds is 42. The number of aromatic amines is 2. The lowest BCUT2D eigenvalue weighted by atomic mass is 9.95. The average Bonchev–Trinajstić information content (AvgIpc) is 1.58. The molecule has 0 saturated carbocycles. The van der Waals surface area contributed by atoms with Gasteiger partial charge in [-0.2, -0.15) is 4.98 Å². The number of hydrogen-bond donors (Lipinski definition) is 12. The smallest absolute Gasteiger partial charge is 0.320 e. The van der Waals surface area contributed by atoms with Crippen LogP contribution in [0.4, 0.5) is 26.8 Å². The zero-order valence-electron chi connectivity index (χ0n) is 76.9. The maximum absolute atomic E-state index is 13.7. The minimum absolute atomic E-state index is 0.0254. The summed E-state index contributed by atoms with van der Waals surface area (Å²) >= 11 is 0. The SMILES string of the molecule is CCn1c(-c2nonc2N)nc2cncc(OCCCCNCCOCCOCCN)c21.COc1cc(OC)cc(-c2cc3cnc(NCCCN4CCN(CCCN)CC4)nc3nc2NC(=O)NC(C)(C)C)c1.Cc1[nH]c(/C=C2\C(=O)Cc3ccc(F)cc32)c(C)c1C(=O)CCCCCCCN.NCCCn1cc(C2=C(c3c[nH]c4ccccc34)C(=O)NC2=O)c2ccccc21. The second-order valence-corrected chi connectivity index (χ2v) is 33.6. The van der Waals surface area contributed by atoms with Gasteiger partial charge in [0.2, 0.25) is 5.95 Å². The molecule has 132 heavy (non-hydrogen) atoms. The Balaban J connectivity index is 0.000000161. The van der Waals surface area contributed by atoms with Gasteiger partial charge in [-0.25, -0.2) is 28.8 Å². The molecule has 12 aromatic rings. The van der Waals surface area contributed by atoms with E-state index in [1.807, 2.05) is 119 Å². The van der Waals surface area contributed by atoms with Crippen molar-refractivity contribution in [2.24, 2.45) is 22.9 Å². The number of methoxy groups -OCH3 is 2. The average molecular weight is 1810 g/mol. The Morgan fingerprint density at radius 2 is 1.37 bits per heavy atom. The van der Waals surface area contributed by atoms with Gasteiger partial charge in [-0.05, 0) is 207 Å². The predicted octanol–water partition coefficient (Wildman–Crippen LogP) is 12.2. The molecule has 1 saturated heterocycles. The minimum atomic E-state index is -0.419. The Kier molecular flexibility index (Phi) is 36.1. The molecule has 702 valence electrons. The molecule has 0 bridgehead atoms. The van der Waals surface area contributed by atoms with Crippen LogP contribution in [0.3, 0.4) is 0 Å². The zero-order chi connectivity index (χ0) is 93.6. The molecule has 3 aliphatic rings. The van der Waals surface area contributed by atoms with E-state index in [0.29, 0.717) is 144 Å². The van der Waals surface area contributed by atoms with Crippen LogP contribution >= 0.6 is 0 Å². The molecule has 0 atom stereocenters. The summed E-state index contributed by atoms with van der Waals surface area (Å²) in [5.74, 6) is 2.59. The number of imidazole rings is 1. The van der Waals surface area contributed by atoms with Gasteiger partial charge in [0.15, 0.2) is 40.3 Å². The van der Waals surface area contributed by atoms with Crippen LogP contribution in [0.2, 0.25) is 0 Å². The molecule has 1 fully saturated rings. The lowest BCUT2D eigenvalue weighted by Crippen LogP contribution is -2.47. The van der Waals surface area contributed by atoms with Crippen molar-refractivity contribution in [2.75, 3.05) is 149 Å². The standard InChI is InChI=1S/C30H45N9O3.C24H29FN2O2.C23H20N4O2.C20H32N8O4/c1-30(2,3)37-29(40)36-27-25(21-16-23(41-4)19-24(17-21)42-5)18-22-20-33-28(35-26(22)34-27)32-9-7-11-39-14-12-38(13-15-39)10-6-8-31;1-15-21(14-20-19-13-18(25)10-9-17(19)12-23(20)29)27-16(2)24(15)22(28)8-6-4-3-5-7-11-26;24-10-5-11-27-13-17(15-7-2-4-9-19(15)27)21-20(22(28)26-23(21)29)16-12-25-18-8-3-1-6-14(16)18;1-2-28-18-15(25-20(28)17-19(22)27-32-26-17)13-24-14-16(18)31-8-4-3-6-23-7-10-30-12-11-29-9-5-21/h16-20H,6-15,31H2,1-5H3,(H3,32,33,34,35,36,37,40);9-10,13-14,27H,3-8,11-12,26H2,1-2H3;1-4,6-9,12-13,25H,5,10-11,24H2,(H,26,28,29);13-14,23H,2-12,21H2,1H3,(H2,22,27)/b;20-14-;;. The molecular weight excluding hydrogens is 1680 g/mol. The van der Waals surface area contributed by atoms with Gasteiger partial charge in [-0.3, -0.25) is 34.8 Å². The Bertz CT molecular complexity index is 5950. The van der Waals surface area contributed by atoms with Crippen molar-refractivity contribution >= 4 is 114 Å². The first kappa shape index (κ1) is 98.3. The number of piperazine rings is 1. The van der Waals surface area contributed by atoms with Crippen LogP contribution in [0.5, 0.6) is 17.2 Å². The van der Waals surface area contributed by atoms with Crippen LogP contribution in [0.1, 0.15) is 148 Å². The number of Topliss-reactive ketones (excluding diaryl/α,β-unsaturated/α-hetero) is 2. The van der Waals surface area contributed by atoms with E-state index >= 15 is 0 Å². The molecule has 4 amide bonds. The minimum Gasteiger partial charge on any atom is -0.497 e. The number of ether oxygens (including phenoxy) is 5. The molecule has 0 unspecified atom stereocenters. The van der Waals surface area contributed by atoms with Gasteiger partial charge in [0.05, 0.1) is 70.8 Å². The number of aryl methyl sites for hydroxylation is 3. The molecular formula is C97H126FN23O11. The van der Waals surface area contributed by atoms with Crippen LogP contribution in [0.15, 0.2) is 127 Å². The van der Waals surface area contributed by atoms with E-state index in [1.54, 1.807) is 57.2 Å². The molecule has 1 aliphatic carbocycles. The second-order valence-electron chi connectivity index (χ2n) is 33.6. The molecule has 0 spiro atoms. The number of ketones is 2. The zero-order valence-corrected chi connectivity index (χ0v) is 76.9. The number of nitrogens with zero attached hydrogens (tertiary/aromatic N) is 11. The molecule has 0 radical (unpaired) electrons. The van der Waals surface area contributed by atoms with Crippen LogP contribution in [-0.2, 0) is 43.4 Å². The molecule has 17 N–H and O–H groups in total. The van der Waals surface area contributed by atoms with Crippen molar-refractivity contribution in [3.05, 3.63) is 173 Å². The van der Waals surface area contributed by atoms with Crippen molar-refractivity contribution in [1.82, 2.24) is 80.1 Å². The topological polar surface area (TPSA) is 473 Å². The number of halogens is 1. The van der Waals surface area contributed by atoms with Crippen molar-refractivity contribution in [1.29, 1.82) is 0 Å². The summed E-state index contributed by atoms with van der Waals surface area (Å²) in [7, 11) is 3.19. The Morgan fingerprint density at radius 1 is 0.674 bits per heavy atom. The molecule has 34 nitrogen and oxygen atoms in total. The number of nitrogens with two attached hydrogens (primary N) is 5. The summed E-state index contributed by atoms with van der Waals surface area (Å²) in [5.41, 5.74) is 40.9. The van der Waals surface area contributed by atoms with Gasteiger partial charge < -0.3 is 97.2 Å². The number of benzene rings is 4. The maximum atomic E-state index is 13.7. The summed E-state index contributed by atoms with van der Waals surface area (Å²) in [6.45, 7) is 27.5. The highest BCUT2D eigenvalue weighted by molar-refractivity contribution is 6.51. The number of unbranched alkanes of at least 4 members (excludes halogenated alkanes) is 5. The van der Waals surface area contributed by atoms with Gasteiger partial charge in [0.1, 0.15) is 34.2 Å². The number of pyridine rings is 2. The summed E-state index contributed by atoms with van der Waals surface area (Å²) in [6, 6.07) is 27.2. The molecule has 15 rings (SSSR count). The number of allylic oxidation sites excluding steroid dienone is 1. The van der Waals surface area contributed by atoms with E-state index < -0.39 is 5.54 Å². The molecule has 2 aliphatic heterocycles. The fourth-order valence-electron chi connectivity index (χ4n) is 16.3. The third kappa shape index (κ3) is 25.9. The number of amides is 4. The van der Waals surface area contributed by atoms with E-state index in [4.69, 9.17) is 62.0 Å². The number of imide groups is 1. The van der Waals surface area contributed by atoms with E-state index in [2.05, 4.69) is 81.2 Å². The number of nitrogen functional groups attached to an aromatic ring is 1. The predicted molar refractivity (Wildman–Crippen MR) is 515 cm³/mol. The summed E-state index contributed by atoms with van der Waals surface area (Å²) in [5, 5.41) is 25.1. The van der Waals surface area contributed by atoms with Crippen molar-refractivity contribution in [3.63, 3.8) is 0 Å². The Morgan fingerprint density at radius 3 is 2.08 bits per heavy atom. The molecule has 4 aromatic carbocycles. The fraction of sp³-hybridized carbons (Fsp3) is 0.423. The van der Waals surface area contributed by atoms with E-state index in [0.717, 1.165) is 215 Å². The first-order valence-electron chi connectivity index (χ1n) is 45.5.